The molecule has 1 saturated heterocycles. The van der Waals surface area contributed by atoms with E-state index in [1.165, 1.54) is 0 Å². The summed E-state index contributed by atoms with van der Waals surface area (Å²) < 4.78 is 30.4. The SMILES string of the molecule is CS(=O)(=O)N(CC(=O)NCCCN1CCOCC1)Cc1ccccc1Cl. The largest absolute Gasteiger partial charge is 0.379 e. The molecule has 0 atom stereocenters. The summed E-state index contributed by atoms with van der Waals surface area (Å²) in [5.41, 5.74) is 0.666. The van der Waals surface area contributed by atoms with E-state index in [1.807, 2.05) is 0 Å². The molecule has 7 nitrogen and oxygen atoms in total. The molecule has 1 aromatic rings. The molecule has 1 aromatic carbocycles. The number of nitrogens with zero attached hydrogens (tertiary/aromatic N) is 2. The molecule has 1 heterocycles. The number of carbonyl (C=O) groups excluding carboxylic acids is 1. The first-order valence-corrected chi connectivity index (χ1v) is 10.8. The number of amides is 1. The maximum Gasteiger partial charge on any atom is 0.235 e. The fourth-order valence-corrected chi connectivity index (χ4v) is 3.60. The van der Waals surface area contributed by atoms with Gasteiger partial charge in [0.25, 0.3) is 0 Å². The quantitative estimate of drug-likeness (QED) is 0.621. The lowest BCUT2D eigenvalue weighted by Crippen LogP contribution is -2.41. The minimum atomic E-state index is -3.53. The summed E-state index contributed by atoms with van der Waals surface area (Å²) in [6.07, 6.45) is 1.91. The summed E-state index contributed by atoms with van der Waals surface area (Å²) in [6.45, 7) is 4.57. The molecule has 0 spiro atoms. The normalized spacial score (nSPS) is 16.0. The van der Waals surface area contributed by atoms with Crippen molar-refractivity contribution < 1.29 is 17.9 Å². The van der Waals surface area contributed by atoms with E-state index in [9.17, 15) is 13.2 Å². The van der Waals surface area contributed by atoms with Crippen molar-refractivity contribution in [3.05, 3.63) is 34.9 Å². The summed E-state index contributed by atoms with van der Waals surface area (Å²) in [4.78, 5) is 14.4. The van der Waals surface area contributed by atoms with Gasteiger partial charge in [-0.1, -0.05) is 29.8 Å². The van der Waals surface area contributed by atoms with Gasteiger partial charge in [-0.25, -0.2) is 8.42 Å². The minimum absolute atomic E-state index is 0.0692. The monoisotopic (exact) mass is 403 g/mol. The highest BCUT2D eigenvalue weighted by atomic mass is 35.5. The van der Waals surface area contributed by atoms with Crippen LogP contribution in [0.2, 0.25) is 5.02 Å². The van der Waals surface area contributed by atoms with Gasteiger partial charge in [0.05, 0.1) is 26.0 Å². The Morgan fingerprint density at radius 3 is 2.65 bits per heavy atom. The second kappa shape index (κ2) is 10.2. The van der Waals surface area contributed by atoms with Crippen molar-refractivity contribution in [3.8, 4) is 0 Å². The second-order valence-corrected chi connectivity index (χ2v) is 8.67. The van der Waals surface area contributed by atoms with E-state index >= 15 is 0 Å². The Hall–Kier alpha value is -1.19. The number of sulfonamides is 1. The van der Waals surface area contributed by atoms with Crippen LogP contribution in [0.1, 0.15) is 12.0 Å². The van der Waals surface area contributed by atoms with E-state index in [-0.39, 0.29) is 19.0 Å². The molecule has 1 N–H and O–H groups in total. The van der Waals surface area contributed by atoms with Crippen LogP contribution >= 0.6 is 11.6 Å². The second-order valence-electron chi connectivity index (χ2n) is 6.28. The van der Waals surface area contributed by atoms with Gasteiger partial charge in [0.2, 0.25) is 15.9 Å². The molecule has 146 valence electrons. The van der Waals surface area contributed by atoms with Crippen LogP contribution in [0.25, 0.3) is 0 Å². The Kier molecular flexibility index (Phi) is 8.30. The number of hydrogen-bond acceptors (Lipinski definition) is 5. The van der Waals surface area contributed by atoms with Gasteiger partial charge in [0.15, 0.2) is 0 Å². The summed E-state index contributed by atoms with van der Waals surface area (Å²) in [5.74, 6) is -0.315. The molecule has 0 radical (unpaired) electrons. The standard InChI is InChI=1S/C17H26ClN3O4S/c1-26(23,24)21(13-15-5-2-3-6-16(15)18)14-17(22)19-7-4-8-20-9-11-25-12-10-20/h2-3,5-6H,4,7-14H2,1H3,(H,19,22). The average molecular weight is 404 g/mol. The minimum Gasteiger partial charge on any atom is -0.379 e. The van der Waals surface area contributed by atoms with Gasteiger partial charge in [-0.15, -0.1) is 0 Å². The molecule has 1 fully saturated rings. The number of ether oxygens (including phenoxy) is 1. The molecule has 1 aliphatic rings. The van der Waals surface area contributed by atoms with E-state index in [4.69, 9.17) is 16.3 Å². The van der Waals surface area contributed by atoms with Gasteiger partial charge in [-0.05, 0) is 24.6 Å². The maximum absolute atomic E-state index is 12.1. The zero-order chi connectivity index (χ0) is 19.0. The molecule has 1 amide bonds. The third-order valence-electron chi connectivity index (χ3n) is 4.17. The predicted molar refractivity (Wildman–Crippen MR) is 102 cm³/mol. The van der Waals surface area contributed by atoms with Crippen molar-refractivity contribution in [2.75, 3.05) is 52.2 Å². The fourth-order valence-electron chi connectivity index (χ4n) is 2.68. The first kappa shape index (κ1) is 21.1. The van der Waals surface area contributed by atoms with Gasteiger partial charge in [0.1, 0.15) is 0 Å². The van der Waals surface area contributed by atoms with Crippen LogP contribution in [0.3, 0.4) is 0 Å². The highest BCUT2D eigenvalue weighted by Crippen LogP contribution is 2.18. The van der Waals surface area contributed by atoms with Crippen LogP contribution in [-0.4, -0.2) is 75.7 Å². The lowest BCUT2D eigenvalue weighted by atomic mass is 10.2. The molecule has 0 unspecified atom stereocenters. The molecular formula is C17H26ClN3O4S. The van der Waals surface area contributed by atoms with E-state index in [2.05, 4.69) is 10.2 Å². The number of benzene rings is 1. The molecule has 26 heavy (non-hydrogen) atoms. The van der Waals surface area contributed by atoms with Crippen LogP contribution in [0, 0.1) is 0 Å². The first-order valence-electron chi connectivity index (χ1n) is 8.61. The Balaban J connectivity index is 1.80. The van der Waals surface area contributed by atoms with Crippen LogP contribution in [0.5, 0.6) is 0 Å². The first-order chi connectivity index (χ1) is 12.4. The number of nitrogens with one attached hydrogen (secondary N) is 1. The van der Waals surface area contributed by atoms with Crippen LogP contribution in [0.15, 0.2) is 24.3 Å². The molecule has 0 bridgehead atoms. The Morgan fingerprint density at radius 2 is 2.00 bits per heavy atom. The van der Waals surface area contributed by atoms with Crippen LogP contribution < -0.4 is 5.32 Å². The van der Waals surface area contributed by atoms with Crippen molar-refractivity contribution in [3.63, 3.8) is 0 Å². The van der Waals surface area contributed by atoms with Crippen LogP contribution in [0.4, 0.5) is 0 Å². The van der Waals surface area contributed by atoms with Gasteiger partial charge in [-0.2, -0.15) is 4.31 Å². The fraction of sp³-hybridized carbons (Fsp3) is 0.588. The molecule has 0 saturated carbocycles. The zero-order valence-corrected chi connectivity index (χ0v) is 16.6. The number of carbonyl (C=O) groups is 1. The van der Waals surface area contributed by atoms with E-state index < -0.39 is 10.0 Å². The Morgan fingerprint density at radius 1 is 1.31 bits per heavy atom. The summed E-state index contributed by atoms with van der Waals surface area (Å²) in [7, 11) is -3.53. The van der Waals surface area contributed by atoms with Crippen molar-refractivity contribution >= 4 is 27.5 Å². The third-order valence-corrected chi connectivity index (χ3v) is 5.74. The number of morpholine rings is 1. The molecule has 0 aliphatic carbocycles. The molecule has 9 heteroatoms. The summed E-state index contributed by atoms with van der Waals surface area (Å²) >= 11 is 6.10. The lowest BCUT2D eigenvalue weighted by molar-refractivity contribution is -0.121. The third kappa shape index (κ3) is 7.20. The topological polar surface area (TPSA) is 79.0 Å². The van der Waals surface area contributed by atoms with Gasteiger partial charge >= 0.3 is 0 Å². The van der Waals surface area contributed by atoms with Crippen molar-refractivity contribution in [1.29, 1.82) is 0 Å². The van der Waals surface area contributed by atoms with Gasteiger partial charge < -0.3 is 10.1 Å². The molecule has 2 rings (SSSR count). The van der Waals surface area contributed by atoms with Crippen molar-refractivity contribution in [1.82, 2.24) is 14.5 Å². The molecule has 1 aliphatic heterocycles. The van der Waals surface area contributed by atoms with Crippen LogP contribution in [-0.2, 0) is 26.1 Å². The van der Waals surface area contributed by atoms with Gasteiger partial charge in [-0.3, -0.25) is 9.69 Å². The van der Waals surface area contributed by atoms with E-state index in [0.29, 0.717) is 17.1 Å². The smallest absolute Gasteiger partial charge is 0.235 e. The number of halogens is 1. The number of rotatable bonds is 9. The summed E-state index contributed by atoms with van der Waals surface area (Å²) in [6, 6.07) is 7.01. The Bertz CT molecular complexity index is 693. The van der Waals surface area contributed by atoms with Crippen molar-refractivity contribution in [2.45, 2.75) is 13.0 Å². The van der Waals surface area contributed by atoms with Crippen molar-refractivity contribution in [2.24, 2.45) is 0 Å². The van der Waals surface area contributed by atoms with E-state index in [0.717, 1.165) is 49.8 Å². The lowest BCUT2D eigenvalue weighted by Gasteiger charge is -2.26. The highest BCUT2D eigenvalue weighted by molar-refractivity contribution is 7.88. The molecule has 0 aromatic heterocycles. The maximum atomic E-state index is 12.1. The highest BCUT2D eigenvalue weighted by Gasteiger charge is 2.21. The predicted octanol–water partition coefficient (Wildman–Crippen LogP) is 0.940. The summed E-state index contributed by atoms with van der Waals surface area (Å²) in [5, 5.41) is 3.27. The zero-order valence-electron chi connectivity index (χ0n) is 15.0. The average Bonchev–Trinajstić information content (AvgIpc) is 2.60. The van der Waals surface area contributed by atoms with E-state index in [1.54, 1.807) is 24.3 Å². The number of hydrogen-bond donors (Lipinski definition) is 1. The van der Waals surface area contributed by atoms with Gasteiger partial charge in [0, 0.05) is 31.2 Å². The molecular weight excluding hydrogens is 378 g/mol. The Labute approximate surface area is 160 Å².